The molecular formula is C10H15N3O. The lowest BCUT2D eigenvalue weighted by Gasteiger charge is -2.04. The summed E-state index contributed by atoms with van der Waals surface area (Å²) in [5.74, 6) is 1.06. The highest BCUT2D eigenvalue weighted by Gasteiger charge is 2.04. The standard InChI is InChI=1S/C10H15N3O/c1-8(2)5-6-10(14)12-9-4-3-7-11-13-9/h3-4,7-8H,5-6H2,1-2H3,(H,12,13,14). The number of hydrogen-bond acceptors (Lipinski definition) is 3. The van der Waals surface area contributed by atoms with Gasteiger partial charge >= 0.3 is 0 Å². The monoisotopic (exact) mass is 193 g/mol. The molecule has 0 aromatic carbocycles. The molecule has 0 unspecified atom stereocenters. The Labute approximate surface area is 83.7 Å². The third kappa shape index (κ3) is 3.98. The van der Waals surface area contributed by atoms with Crippen LogP contribution in [0.25, 0.3) is 0 Å². The predicted octanol–water partition coefficient (Wildman–Crippen LogP) is 1.85. The van der Waals surface area contributed by atoms with E-state index in [4.69, 9.17) is 0 Å². The van der Waals surface area contributed by atoms with Crippen molar-refractivity contribution in [2.24, 2.45) is 5.92 Å². The Morgan fingerprint density at radius 1 is 1.57 bits per heavy atom. The summed E-state index contributed by atoms with van der Waals surface area (Å²) in [6, 6.07) is 3.46. The molecule has 1 rings (SSSR count). The average Bonchev–Trinajstić information content (AvgIpc) is 2.16. The Bertz CT molecular complexity index is 285. The predicted molar refractivity (Wildman–Crippen MR) is 54.7 cm³/mol. The third-order valence-electron chi connectivity index (χ3n) is 1.79. The number of carbonyl (C=O) groups excluding carboxylic acids is 1. The van der Waals surface area contributed by atoms with E-state index in [1.165, 1.54) is 0 Å². The molecular weight excluding hydrogens is 178 g/mol. The van der Waals surface area contributed by atoms with Crippen molar-refractivity contribution >= 4 is 11.7 Å². The minimum Gasteiger partial charge on any atom is -0.309 e. The molecule has 1 amide bonds. The van der Waals surface area contributed by atoms with Gasteiger partial charge in [0.05, 0.1) is 0 Å². The topological polar surface area (TPSA) is 54.9 Å². The molecule has 0 aliphatic rings. The van der Waals surface area contributed by atoms with Crippen LogP contribution in [0.3, 0.4) is 0 Å². The van der Waals surface area contributed by atoms with Crippen LogP contribution in [0.5, 0.6) is 0 Å². The van der Waals surface area contributed by atoms with Crippen molar-refractivity contribution in [2.75, 3.05) is 5.32 Å². The second kappa shape index (κ2) is 5.32. The van der Waals surface area contributed by atoms with Gasteiger partial charge in [-0.1, -0.05) is 13.8 Å². The number of nitrogens with zero attached hydrogens (tertiary/aromatic N) is 2. The molecule has 0 saturated carbocycles. The smallest absolute Gasteiger partial charge is 0.225 e. The molecule has 0 spiro atoms. The zero-order valence-corrected chi connectivity index (χ0v) is 8.53. The molecule has 14 heavy (non-hydrogen) atoms. The van der Waals surface area contributed by atoms with Crippen molar-refractivity contribution < 1.29 is 4.79 Å². The van der Waals surface area contributed by atoms with E-state index in [0.717, 1.165) is 6.42 Å². The summed E-state index contributed by atoms with van der Waals surface area (Å²) in [6.07, 6.45) is 3.00. The summed E-state index contributed by atoms with van der Waals surface area (Å²) in [7, 11) is 0. The van der Waals surface area contributed by atoms with Gasteiger partial charge in [-0.3, -0.25) is 4.79 Å². The van der Waals surface area contributed by atoms with Crippen LogP contribution < -0.4 is 5.32 Å². The van der Waals surface area contributed by atoms with E-state index in [1.807, 2.05) is 0 Å². The Hall–Kier alpha value is -1.45. The molecule has 0 aliphatic carbocycles. The zero-order valence-electron chi connectivity index (χ0n) is 8.53. The Morgan fingerprint density at radius 2 is 2.36 bits per heavy atom. The van der Waals surface area contributed by atoms with Crippen LogP contribution >= 0.6 is 0 Å². The maximum Gasteiger partial charge on any atom is 0.225 e. The first kappa shape index (κ1) is 10.6. The summed E-state index contributed by atoms with van der Waals surface area (Å²) in [5.41, 5.74) is 0. The molecule has 1 heterocycles. The molecule has 1 N–H and O–H groups in total. The van der Waals surface area contributed by atoms with E-state index in [2.05, 4.69) is 29.4 Å². The van der Waals surface area contributed by atoms with Gasteiger partial charge < -0.3 is 5.32 Å². The third-order valence-corrected chi connectivity index (χ3v) is 1.79. The summed E-state index contributed by atoms with van der Waals surface area (Å²) in [4.78, 5) is 11.3. The van der Waals surface area contributed by atoms with E-state index >= 15 is 0 Å². The highest BCUT2D eigenvalue weighted by Crippen LogP contribution is 2.05. The van der Waals surface area contributed by atoms with Gasteiger partial charge in [0.2, 0.25) is 5.91 Å². The molecule has 0 saturated heterocycles. The van der Waals surface area contributed by atoms with Crippen molar-refractivity contribution in [1.29, 1.82) is 0 Å². The lowest BCUT2D eigenvalue weighted by Crippen LogP contribution is -2.13. The first-order chi connectivity index (χ1) is 6.68. The normalized spacial score (nSPS) is 10.2. The fraction of sp³-hybridized carbons (Fsp3) is 0.500. The van der Waals surface area contributed by atoms with Gasteiger partial charge in [-0.2, -0.15) is 5.10 Å². The maximum atomic E-state index is 11.3. The summed E-state index contributed by atoms with van der Waals surface area (Å²) in [6.45, 7) is 4.19. The molecule has 1 aromatic heterocycles. The first-order valence-corrected chi connectivity index (χ1v) is 4.76. The van der Waals surface area contributed by atoms with Crippen LogP contribution in [-0.2, 0) is 4.79 Å². The summed E-state index contributed by atoms with van der Waals surface area (Å²) in [5, 5.41) is 10.1. The molecule has 4 nitrogen and oxygen atoms in total. The number of amides is 1. The molecule has 76 valence electrons. The van der Waals surface area contributed by atoms with Crippen LogP contribution in [-0.4, -0.2) is 16.1 Å². The van der Waals surface area contributed by atoms with Gasteiger partial charge in [0.15, 0.2) is 5.82 Å². The number of rotatable bonds is 4. The largest absolute Gasteiger partial charge is 0.309 e. The van der Waals surface area contributed by atoms with Crippen LogP contribution in [0.15, 0.2) is 18.3 Å². The minimum absolute atomic E-state index is 0.000741. The maximum absolute atomic E-state index is 11.3. The second-order valence-corrected chi connectivity index (χ2v) is 3.59. The van der Waals surface area contributed by atoms with Gasteiger partial charge in [-0.15, -0.1) is 5.10 Å². The number of carbonyl (C=O) groups is 1. The number of hydrogen-bond donors (Lipinski definition) is 1. The SMILES string of the molecule is CC(C)CCC(=O)Nc1cccnn1. The van der Waals surface area contributed by atoms with Crippen LogP contribution in [0.2, 0.25) is 0 Å². The number of anilines is 1. The van der Waals surface area contributed by atoms with Crippen LogP contribution in [0.4, 0.5) is 5.82 Å². The molecule has 1 aromatic rings. The lowest BCUT2D eigenvalue weighted by molar-refractivity contribution is -0.116. The first-order valence-electron chi connectivity index (χ1n) is 4.76. The van der Waals surface area contributed by atoms with Crippen molar-refractivity contribution in [3.05, 3.63) is 18.3 Å². The van der Waals surface area contributed by atoms with Crippen molar-refractivity contribution in [3.8, 4) is 0 Å². The number of aromatic nitrogens is 2. The van der Waals surface area contributed by atoms with Gasteiger partial charge in [-0.05, 0) is 24.5 Å². The highest BCUT2D eigenvalue weighted by atomic mass is 16.1. The number of nitrogens with one attached hydrogen (secondary N) is 1. The average molecular weight is 193 g/mol. The highest BCUT2D eigenvalue weighted by molar-refractivity contribution is 5.89. The molecule has 0 atom stereocenters. The molecule has 0 fully saturated rings. The molecule has 0 bridgehead atoms. The van der Waals surface area contributed by atoms with Crippen molar-refractivity contribution in [2.45, 2.75) is 26.7 Å². The van der Waals surface area contributed by atoms with Gasteiger partial charge in [0, 0.05) is 12.6 Å². The molecule has 4 heteroatoms. The van der Waals surface area contributed by atoms with E-state index in [-0.39, 0.29) is 5.91 Å². The minimum atomic E-state index is -0.000741. The van der Waals surface area contributed by atoms with Gasteiger partial charge in [-0.25, -0.2) is 0 Å². The van der Waals surface area contributed by atoms with Crippen LogP contribution in [0, 0.1) is 5.92 Å². The van der Waals surface area contributed by atoms with E-state index in [9.17, 15) is 4.79 Å². The van der Waals surface area contributed by atoms with E-state index in [1.54, 1.807) is 18.3 Å². The fourth-order valence-electron chi connectivity index (χ4n) is 0.993. The second-order valence-electron chi connectivity index (χ2n) is 3.59. The lowest BCUT2D eigenvalue weighted by atomic mass is 10.1. The fourth-order valence-corrected chi connectivity index (χ4v) is 0.993. The van der Waals surface area contributed by atoms with Gasteiger partial charge in [0.1, 0.15) is 0 Å². The zero-order chi connectivity index (χ0) is 10.4. The van der Waals surface area contributed by atoms with Crippen molar-refractivity contribution in [1.82, 2.24) is 10.2 Å². The quantitative estimate of drug-likeness (QED) is 0.794. The van der Waals surface area contributed by atoms with Crippen molar-refractivity contribution in [3.63, 3.8) is 0 Å². The summed E-state index contributed by atoms with van der Waals surface area (Å²) < 4.78 is 0. The summed E-state index contributed by atoms with van der Waals surface area (Å²) >= 11 is 0. The van der Waals surface area contributed by atoms with E-state index in [0.29, 0.717) is 18.2 Å². The van der Waals surface area contributed by atoms with Gasteiger partial charge in [0.25, 0.3) is 0 Å². The van der Waals surface area contributed by atoms with E-state index < -0.39 is 0 Å². The Balaban J connectivity index is 2.35. The Morgan fingerprint density at radius 3 is 2.93 bits per heavy atom. The Kier molecular flexibility index (Phi) is 4.04. The molecule has 0 aliphatic heterocycles. The molecule has 0 radical (unpaired) electrons. The van der Waals surface area contributed by atoms with Crippen LogP contribution in [0.1, 0.15) is 26.7 Å².